The predicted molar refractivity (Wildman–Crippen MR) is 75.4 cm³/mol. The number of amides is 1. The molecule has 0 aliphatic rings. The minimum absolute atomic E-state index is 0.00856. The molecule has 0 saturated carbocycles. The van der Waals surface area contributed by atoms with Crippen LogP contribution in [0.15, 0.2) is 18.2 Å². The third-order valence-electron chi connectivity index (χ3n) is 3.88. The second-order valence-corrected chi connectivity index (χ2v) is 4.89. The fourth-order valence-corrected chi connectivity index (χ4v) is 1.95. The van der Waals surface area contributed by atoms with Crippen molar-refractivity contribution in [1.82, 2.24) is 5.32 Å². The largest absolute Gasteiger partial charge is 0.497 e. The number of hydrogen-bond donors (Lipinski definition) is 2. The zero-order valence-corrected chi connectivity index (χ0v) is 12.2. The average Bonchev–Trinajstić information content (AvgIpc) is 2.48. The number of aliphatic hydroxyl groups excluding tert-OH is 1. The van der Waals surface area contributed by atoms with E-state index in [4.69, 9.17) is 4.74 Å². The highest BCUT2D eigenvalue weighted by atomic mass is 19.1. The summed E-state index contributed by atoms with van der Waals surface area (Å²) in [5, 5.41) is 12.1. The summed E-state index contributed by atoms with van der Waals surface area (Å²) < 4.78 is 18.7. The number of ether oxygens (including phenoxy) is 1. The highest BCUT2D eigenvalue weighted by Crippen LogP contribution is 2.24. The highest BCUT2D eigenvalue weighted by Gasteiger charge is 2.26. The molecule has 112 valence electrons. The molecule has 5 heteroatoms. The number of benzene rings is 1. The molecule has 1 amide bonds. The zero-order chi connectivity index (χ0) is 15.2. The van der Waals surface area contributed by atoms with Gasteiger partial charge in [0.1, 0.15) is 11.6 Å². The monoisotopic (exact) mass is 283 g/mol. The Kier molecular flexibility index (Phi) is 5.95. The summed E-state index contributed by atoms with van der Waals surface area (Å²) in [6.07, 6.45) is 1.48. The molecule has 0 bridgehead atoms. The van der Waals surface area contributed by atoms with Crippen molar-refractivity contribution in [2.45, 2.75) is 26.7 Å². The fourth-order valence-electron chi connectivity index (χ4n) is 1.95. The SMILES string of the molecule is CCC(CC)(CO)CNC(=O)c1ccc(OC)cc1F. The van der Waals surface area contributed by atoms with Gasteiger partial charge in [-0.15, -0.1) is 0 Å². The van der Waals surface area contributed by atoms with Crippen molar-refractivity contribution in [2.24, 2.45) is 5.41 Å². The topological polar surface area (TPSA) is 58.6 Å². The number of aliphatic hydroxyl groups is 1. The molecule has 4 nitrogen and oxygen atoms in total. The lowest BCUT2D eigenvalue weighted by atomic mass is 9.83. The predicted octanol–water partition coefficient (Wildman–Crippen LogP) is 2.36. The van der Waals surface area contributed by atoms with E-state index < -0.39 is 11.7 Å². The van der Waals surface area contributed by atoms with E-state index in [2.05, 4.69) is 5.32 Å². The van der Waals surface area contributed by atoms with E-state index >= 15 is 0 Å². The standard InChI is InChI=1S/C15H22FNO3/c1-4-15(5-2,10-18)9-17-14(19)12-7-6-11(20-3)8-13(12)16/h6-8,18H,4-5,9-10H2,1-3H3,(H,17,19). The lowest BCUT2D eigenvalue weighted by molar-refractivity contribution is 0.0847. The van der Waals surface area contributed by atoms with E-state index in [1.54, 1.807) is 0 Å². The first-order valence-corrected chi connectivity index (χ1v) is 6.74. The Morgan fingerprint density at radius 3 is 2.50 bits per heavy atom. The van der Waals surface area contributed by atoms with Crippen LogP contribution >= 0.6 is 0 Å². The van der Waals surface area contributed by atoms with Gasteiger partial charge in [0.2, 0.25) is 0 Å². The summed E-state index contributed by atoms with van der Waals surface area (Å²) in [5.41, 5.74) is -0.372. The summed E-state index contributed by atoms with van der Waals surface area (Å²) in [6, 6.07) is 4.10. The van der Waals surface area contributed by atoms with Crippen molar-refractivity contribution in [1.29, 1.82) is 0 Å². The fraction of sp³-hybridized carbons (Fsp3) is 0.533. The number of methoxy groups -OCH3 is 1. The molecule has 0 radical (unpaired) electrons. The molecule has 0 aliphatic heterocycles. The maximum atomic E-state index is 13.8. The Bertz CT molecular complexity index is 450. The van der Waals surface area contributed by atoms with Gasteiger partial charge in [0, 0.05) is 18.0 Å². The van der Waals surface area contributed by atoms with E-state index in [1.807, 2.05) is 13.8 Å². The van der Waals surface area contributed by atoms with Crippen molar-refractivity contribution >= 4 is 5.91 Å². The first-order valence-electron chi connectivity index (χ1n) is 6.74. The van der Waals surface area contributed by atoms with E-state index in [0.29, 0.717) is 12.3 Å². The van der Waals surface area contributed by atoms with Crippen LogP contribution in [0.25, 0.3) is 0 Å². The van der Waals surface area contributed by atoms with Crippen molar-refractivity contribution in [3.8, 4) is 5.75 Å². The molecular weight excluding hydrogens is 261 g/mol. The number of hydrogen-bond acceptors (Lipinski definition) is 3. The smallest absolute Gasteiger partial charge is 0.254 e. The van der Waals surface area contributed by atoms with Gasteiger partial charge < -0.3 is 15.2 Å². The number of carbonyl (C=O) groups excluding carboxylic acids is 1. The molecule has 0 spiro atoms. The van der Waals surface area contributed by atoms with Gasteiger partial charge in [0.25, 0.3) is 5.91 Å². The molecule has 0 heterocycles. The van der Waals surface area contributed by atoms with Crippen LogP contribution in [0.4, 0.5) is 4.39 Å². The van der Waals surface area contributed by atoms with Crippen LogP contribution in [-0.2, 0) is 0 Å². The Balaban J connectivity index is 2.77. The zero-order valence-electron chi connectivity index (χ0n) is 12.2. The molecule has 0 aliphatic carbocycles. The number of halogens is 1. The molecule has 1 aromatic rings. The summed E-state index contributed by atoms with van der Waals surface area (Å²) in [7, 11) is 1.44. The number of rotatable bonds is 7. The Labute approximate surface area is 119 Å². The molecule has 0 fully saturated rings. The van der Waals surface area contributed by atoms with Crippen LogP contribution in [0.3, 0.4) is 0 Å². The summed E-state index contributed by atoms with van der Waals surface area (Å²) in [5.74, 6) is -0.736. The molecular formula is C15H22FNO3. The lowest BCUT2D eigenvalue weighted by Gasteiger charge is -2.29. The summed E-state index contributed by atoms with van der Waals surface area (Å²) in [6.45, 7) is 4.23. The molecule has 0 aromatic heterocycles. The van der Waals surface area contributed by atoms with Crippen LogP contribution in [-0.4, -0.2) is 31.3 Å². The second kappa shape index (κ2) is 7.24. The molecule has 0 saturated heterocycles. The van der Waals surface area contributed by atoms with Gasteiger partial charge >= 0.3 is 0 Å². The van der Waals surface area contributed by atoms with Crippen LogP contribution < -0.4 is 10.1 Å². The van der Waals surface area contributed by atoms with Crippen molar-refractivity contribution < 1.29 is 19.0 Å². The second-order valence-electron chi connectivity index (χ2n) is 4.89. The molecule has 20 heavy (non-hydrogen) atoms. The third kappa shape index (κ3) is 3.70. The Hall–Kier alpha value is -1.62. The van der Waals surface area contributed by atoms with Gasteiger partial charge in [-0.1, -0.05) is 13.8 Å². The quantitative estimate of drug-likeness (QED) is 0.807. The molecule has 1 aromatic carbocycles. The Morgan fingerprint density at radius 1 is 1.40 bits per heavy atom. The van der Waals surface area contributed by atoms with Crippen molar-refractivity contribution in [3.63, 3.8) is 0 Å². The molecule has 2 N–H and O–H groups in total. The van der Waals surface area contributed by atoms with Crippen molar-refractivity contribution in [2.75, 3.05) is 20.3 Å². The lowest BCUT2D eigenvalue weighted by Crippen LogP contribution is -2.39. The van der Waals surface area contributed by atoms with E-state index in [9.17, 15) is 14.3 Å². The van der Waals surface area contributed by atoms with Crippen LogP contribution in [0, 0.1) is 11.2 Å². The highest BCUT2D eigenvalue weighted by molar-refractivity contribution is 5.94. The van der Waals surface area contributed by atoms with Gasteiger partial charge in [0.15, 0.2) is 0 Å². The molecule has 0 atom stereocenters. The van der Waals surface area contributed by atoms with Gasteiger partial charge in [0.05, 0.1) is 19.3 Å². The first kappa shape index (κ1) is 16.4. The van der Waals surface area contributed by atoms with E-state index in [0.717, 1.165) is 12.8 Å². The maximum absolute atomic E-state index is 13.8. The van der Waals surface area contributed by atoms with Gasteiger partial charge in [-0.3, -0.25) is 4.79 Å². The van der Waals surface area contributed by atoms with E-state index in [-0.39, 0.29) is 17.6 Å². The molecule has 1 rings (SSSR count). The van der Waals surface area contributed by atoms with E-state index in [1.165, 1.54) is 25.3 Å². The summed E-state index contributed by atoms with van der Waals surface area (Å²) >= 11 is 0. The minimum Gasteiger partial charge on any atom is -0.497 e. The first-order chi connectivity index (χ1) is 9.51. The number of carbonyl (C=O) groups is 1. The van der Waals surface area contributed by atoms with Gasteiger partial charge in [-0.25, -0.2) is 4.39 Å². The summed E-state index contributed by atoms with van der Waals surface area (Å²) in [4.78, 5) is 12.0. The minimum atomic E-state index is -0.621. The van der Waals surface area contributed by atoms with Crippen LogP contribution in [0.1, 0.15) is 37.0 Å². The third-order valence-corrected chi connectivity index (χ3v) is 3.88. The maximum Gasteiger partial charge on any atom is 0.254 e. The molecule has 0 unspecified atom stereocenters. The number of nitrogens with one attached hydrogen (secondary N) is 1. The van der Waals surface area contributed by atoms with Crippen molar-refractivity contribution in [3.05, 3.63) is 29.6 Å². The average molecular weight is 283 g/mol. The van der Waals surface area contributed by atoms with Crippen LogP contribution in [0.5, 0.6) is 5.75 Å². The van der Waals surface area contributed by atoms with Gasteiger partial charge in [-0.2, -0.15) is 0 Å². The normalized spacial score (nSPS) is 11.2. The van der Waals surface area contributed by atoms with Gasteiger partial charge in [-0.05, 0) is 25.0 Å². The Morgan fingerprint density at radius 2 is 2.05 bits per heavy atom. The van der Waals surface area contributed by atoms with Crippen LogP contribution in [0.2, 0.25) is 0 Å².